The van der Waals surface area contributed by atoms with Crippen LogP contribution in [0.4, 0.5) is 0 Å². The molecular weight excluding hydrogens is 222 g/mol. The standard InChI is InChI=1S/C15H27N3/c1-12(2)10-13(3)16-11-14-8-9-18(17-14)15-6-4-5-7-15/h8-9,12-13,15-16H,4-7,10-11H2,1-3H3. The summed E-state index contributed by atoms with van der Waals surface area (Å²) < 4.78 is 2.18. The fourth-order valence-electron chi connectivity index (χ4n) is 2.91. The van der Waals surface area contributed by atoms with Crippen LogP contribution in [0.1, 0.15) is 64.6 Å². The van der Waals surface area contributed by atoms with Crippen molar-refractivity contribution in [3.8, 4) is 0 Å². The Morgan fingerprint density at radius 3 is 2.72 bits per heavy atom. The van der Waals surface area contributed by atoms with E-state index in [-0.39, 0.29) is 0 Å². The summed E-state index contributed by atoms with van der Waals surface area (Å²) in [5.41, 5.74) is 1.18. The van der Waals surface area contributed by atoms with Gasteiger partial charge in [0, 0.05) is 18.8 Å². The molecule has 0 amide bonds. The second kappa shape index (κ2) is 6.37. The van der Waals surface area contributed by atoms with Crippen molar-refractivity contribution >= 4 is 0 Å². The number of nitrogens with zero attached hydrogens (tertiary/aromatic N) is 2. The highest BCUT2D eigenvalue weighted by atomic mass is 15.3. The van der Waals surface area contributed by atoms with Crippen LogP contribution in [0.5, 0.6) is 0 Å². The minimum absolute atomic E-state index is 0.571. The maximum absolute atomic E-state index is 4.70. The topological polar surface area (TPSA) is 29.9 Å². The summed E-state index contributed by atoms with van der Waals surface area (Å²) in [7, 11) is 0. The summed E-state index contributed by atoms with van der Waals surface area (Å²) in [6.45, 7) is 7.70. The van der Waals surface area contributed by atoms with Gasteiger partial charge in [-0.05, 0) is 38.2 Å². The van der Waals surface area contributed by atoms with Gasteiger partial charge in [0.25, 0.3) is 0 Å². The van der Waals surface area contributed by atoms with Gasteiger partial charge in [-0.1, -0.05) is 26.7 Å². The first kappa shape index (κ1) is 13.6. The van der Waals surface area contributed by atoms with Crippen molar-refractivity contribution in [2.45, 2.75) is 71.5 Å². The molecule has 1 fully saturated rings. The molecule has 1 aliphatic carbocycles. The number of aromatic nitrogens is 2. The molecule has 18 heavy (non-hydrogen) atoms. The highest BCUT2D eigenvalue weighted by Gasteiger charge is 2.17. The minimum atomic E-state index is 0.571. The largest absolute Gasteiger partial charge is 0.309 e. The maximum atomic E-state index is 4.70. The Morgan fingerprint density at radius 1 is 1.33 bits per heavy atom. The molecule has 0 radical (unpaired) electrons. The molecule has 0 saturated heterocycles. The molecule has 1 atom stereocenters. The first-order valence-corrected chi connectivity index (χ1v) is 7.42. The van der Waals surface area contributed by atoms with Gasteiger partial charge in [-0.3, -0.25) is 4.68 Å². The lowest BCUT2D eigenvalue weighted by Gasteiger charge is -2.15. The van der Waals surface area contributed by atoms with Crippen LogP contribution in [-0.4, -0.2) is 15.8 Å². The van der Waals surface area contributed by atoms with Gasteiger partial charge in [0.15, 0.2) is 0 Å². The lowest BCUT2D eigenvalue weighted by molar-refractivity contribution is 0.430. The normalized spacial score (nSPS) is 18.7. The van der Waals surface area contributed by atoms with Crippen molar-refractivity contribution in [3.63, 3.8) is 0 Å². The first-order chi connectivity index (χ1) is 8.65. The van der Waals surface area contributed by atoms with Gasteiger partial charge >= 0.3 is 0 Å². The Balaban J connectivity index is 1.79. The van der Waals surface area contributed by atoms with E-state index in [0.717, 1.165) is 12.5 Å². The zero-order valence-corrected chi connectivity index (χ0v) is 12.0. The van der Waals surface area contributed by atoms with E-state index < -0.39 is 0 Å². The molecule has 3 heteroatoms. The van der Waals surface area contributed by atoms with Gasteiger partial charge in [0.05, 0.1) is 11.7 Å². The van der Waals surface area contributed by atoms with E-state index in [9.17, 15) is 0 Å². The average Bonchev–Trinajstić information content (AvgIpc) is 2.96. The van der Waals surface area contributed by atoms with Crippen molar-refractivity contribution in [3.05, 3.63) is 18.0 Å². The lowest BCUT2D eigenvalue weighted by atomic mass is 10.1. The van der Waals surface area contributed by atoms with E-state index in [1.165, 1.54) is 37.8 Å². The fourth-order valence-corrected chi connectivity index (χ4v) is 2.91. The Labute approximate surface area is 111 Å². The molecule has 1 saturated carbocycles. The predicted molar refractivity (Wildman–Crippen MR) is 75.5 cm³/mol. The summed E-state index contributed by atoms with van der Waals surface area (Å²) >= 11 is 0. The second-order valence-corrected chi connectivity index (χ2v) is 6.14. The van der Waals surface area contributed by atoms with E-state index >= 15 is 0 Å². The van der Waals surface area contributed by atoms with Crippen molar-refractivity contribution in [2.24, 2.45) is 5.92 Å². The highest BCUT2D eigenvalue weighted by Crippen LogP contribution is 2.28. The van der Waals surface area contributed by atoms with E-state index in [2.05, 4.69) is 43.0 Å². The van der Waals surface area contributed by atoms with Gasteiger partial charge in [-0.2, -0.15) is 5.10 Å². The smallest absolute Gasteiger partial charge is 0.0762 e. The molecule has 1 heterocycles. The molecule has 1 aromatic rings. The fraction of sp³-hybridized carbons (Fsp3) is 0.800. The summed E-state index contributed by atoms with van der Waals surface area (Å²) in [4.78, 5) is 0. The maximum Gasteiger partial charge on any atom is 0.0762 e. The zero-order chi connectivity index (χ0) is 13.0. The van der Waals surface area contributed by atoms with E-state index in [4.69, 9.17) is 5.10 Å². The van der Waals surface area contributed by atoms with Crippen molar-refractivity contribution in [2.75, 3.05) is 0 Å². The molecule has 0 aliphatic heterocycles. The Morgan fingerprint density at radius 2 is 2.06 bits per heavy atom. The molecule has 1 unspecified atom stereocenters. The minimum Gasteiger partial charge on any atom is -0.309 e. The van der Waals surface area contributed by atoms with E-state index in [1.54, 1.807) is 0 Å². The van der Waals surface area contributed by atoms with Crippen LogP contribution in [0.15, 0.2) is 12.3 Å². The molecule has 1 aliphatic rings. The molecule has 0 spiro atoms. The Hall–Kier alpha value is -0.830. The van der Waals surface area contributed by atoms with Crippen LogP contribution in [0.25, 0.3) is 0 Å². The Bertz CT molecular complexity index is 350. The van der Waals surface area contributed by atoms with Crippen molar-refractivity contribution in [1.29, 1.82) is 0 Å². The van der Waals surface area contributed by atoms with Gasteiger partial charge < -0.3 is 5.32 Å². The SMILES string of the molecule is CC(C)CC(C)NCc1ccn(C2CCCC2)n1. The molecule has 102 valence electrons. The van der Waals surface area contributed by atoms with Gasteiger partial charge in [0.1, 0.15) is 0 Å². The van der Waals surface area contributed by atoms with Gasteiger partial charge in [-0.15, -0.1) is 0 Å². The third kappa shape index (κ3) is 3.84. The van der Waals surface area contributed by atoms with Crippen LogP contribution in [-0.2, 0) is 6.54 Å². The number of nitrogens with one attached hydrogen (secondary N) is 1. The summed E-state index contributed by atoms with van der Waals surface area (Å²) in [6.07, 6.45) is 8.72. The molecule has 3 nitrogen and oxygen atoms in total. The third-order valence-corrected chi connectivity index (χ3v) is 3.82. The summed E-state index contributed by atoms with van der Waals surface area (Å²) in [6, 6.07) is 3.39. The molecular formula is C15H27N3. The number of rotatable bonds is 6. The summed E-state index contributed by atoms with van der Waals surface area (Å²) in [5.74, 6) is 0.753. The molecule has 0 bridgehead atoms. The van der Waals surface area contributed by atoms with Crippen molar-refractivity contribution in [1.82, 2.24) is 15.1 Å². The third-order valence-electron chi connectivity index (χ3n) is 3.82. The molecule has 0 aromatic carbocycles. The average molecular weight is 249 g/mol. The van der Waals surface area contributed by atoms with E-state index in [0.29, 0.717) is 12.1 Å². The lowest BCUT2D eigenvalue weighted by Crippen LogP contribution is -2.27. The quantitative estimate of drug-likeness (QED) is 0.836. The van der Waals surface area contributed by atoms with Gasteiger partial charge in [0.2, 0.25) is 0 Å². The molecule has 1 aromatic heterocycles. The molecule has 1 N–H and O–H groups in total. The number of hydrogen-bond acceptors (Lipinski definition) is 2. The van der Waals surface area contributed by atoms with E-state index in [1.807, 2.05) is 0 Å². The summed E-state index contributed by atoms with van der Waals surface area (Å²) in [5, 5.41) is 8.26. The zero-order valence-electron chi connectivity index (χ0n) is 12.0. The van der Waals surface area contributed by atoms with Crippen molar-refractivity contribution < 1.29 is 0 Å². The second-order valence-electron chi connectivity index (χ2n) is 6.14. The molecule has 2 rings (SSSR count). The Kier molecular flexibility index (Phi) is 4.81. The van der Waals surface area contributed by atoms with Gasteiger partial charge in [-0.25, -0.2) is 0 Å². The monoisotopic (exact) mass is 249 g/mol. The van der Waals surface area contributed by atoms with Crippen LogP contribution in [0, 0.1) is 5.92 Å². The van der Waals surface area contributed by atoms with Crippen LogP contribution in [0.3, 0.4) is 0 Å². The van der Waals surface area contributed by atoms with Crippen LogP contribution in [0.2, 0.25) is 0 Å². The number of hydrogen-bond donors (Lipinski definition) is 1. The predicted octanol–water partition coefficient (Wildman–Crippen LogP) is 3.52. The van der Waals surface area contributed by atoms with Crippen LogP contribution < -0.4 is 5.32 Å². The highest BCUT2D eigenvalue weighted by molar-refractivity contribution is 5.00. The van der Waals surface area contributed by atoms with Crippen LogP contribution >= 0.6 is 0 Å². The first-order valence-electron chi connectivity index (χ1n) is 7.42.